The van der Waals surface area contributed by atoms with Gasteiger partial charge in [0.05, 0.1) is 30.6 Å². The van der Waals surface area contributed by atoms with Gasteiger partial charge in [-0.05, 0) is 23.3 Å². The molecule has 0 saturated heterocycles. The summed E-state index contributed by atoms with van der Waals surface area (Å²) in [6, 6.07) is 14.1. The van der Waals surface area contributed by atoms with E-state index in [4.69, 9.17) is 0 Å². The molecule has 0 unspecified atom stereocenters. The third-order valence-electron chi connectivity index (χ3n) is 5.40. The van der Waals surface area contributed by atoms with Crippen molar-refractivity contribution in [2.45, 2.75) is 43.5 Å². The molecular formula is C25H26N6O4S. The molecule has 4 rings (SSSR count). The van der Waals surface area contributed by atoms with Crippen LogP contribution < -0.4 is 10.9 Å². The van der Waals surface area contributed by atoms with E-state index in [0.717, 1.165) is 5.56 Å². The average molecular weight is 507 g/mol. The van der Waals surface area contributed by atoms with Crippen LogP contribution in [0.4, 0.5) is 5.69 Å². The van der Waals surface area contributed by atoms with Crippen LogP contribution in [0.2, 0.25) is 0 Å². The SMILES string of the molecule is CC(C)Sc1ccc(CC(=O)NCCn2ncc3c(=O)n(Cc4cccc([N+](=O)[O-])c4)cnc32)cc1. The zero-order chi connectivity index (χ0) is 25.7. The van der Waals surface area contributed by atoms with Crippen molar-refractivity contribution in [1.29, 1.82) is 0 Å². The summed E-state index contributed by atoms with van der Waals surface area (Å²) in [5.41, 5.74) is 1.65. The molecule has 0 saturated carbocycles. The number of nitrogens with zero attached hydrogens (tertiary/aromatic N) is 5. The molecule has 10 nitrogen and oxygen atoms in total. The van der Waals surface area contributed by atoms with Gasteiger partial charge in [0.2, 0.25) is 5.91 Å². The number of thioether (sulfide) groups is 1. The van der Waals surface area contributed by atoms with Gasteiger partial charge in [0.1, 0.15) is 11.7 Å². The molecule has 0 aliphatic carbocycles. The molecule has 2 heterocycles. The Bertz CT molecular complexity index is 1450. The molecular weight excluding hydrogens is 480 g/mol. The van der Waals surface area contributed by atoms with Gasteiger partial charge >= 0.3 is 0 Å². The van der Waals surface area contributed by atoms with E-state index in [2.05, 4.69) is 29.2 Å². The first-order valence-corrected chi connectivity index (χ1v) is 12.3. The van der Waals surface area contributed by atoms with Gasteiger partial charge in [-0.25, -0.2) is 9.67 Å². The lowest BCUT2D eigenvalue weighted by Crippen LogP contribution is -2.29. The molecule has 1 N–H and O–H groups in total. The molecule has 0 aliphatic rings. The Morgan fingerprint density at radius 3 is 2.67 bits per heavy atom. The summed E-state index contributed by atoms with van der Waals surface area (Å²) in [5.74, 6) is -0.0945. The minimum Gasteiger partial charge on any atom is -0.354 e. The number of non-ortho nitro benzene ring substituents is 1. The molecule has 0 atom stereocenters. The summed E-state index contributed by atoms with van der Waals surface area (Å²) >= 11 is 1.78. The Balaban J connectivity index is 1.35. The van der Waals surface area contributed by atoms with Crippen LogP contribution >= 0.6 is 11.8 Å². The van der Waals surface area contributed by atoms with Crippen LogP contribution in [0.3, 0.4) is 0 Å². The van der Waals surface area contributed by atoms with Gasteiger partial charge in [0, 0.05) is 28.8 Å². The van der Waals surface area contributed by atoms with E-state index in [9.17, 15) is 19.7 Å². The van der Waals surface area contributed by atoms with Crippen molar-refractivity contribution in [3.05, 3.63) is 92.7 Å². The molecule has 186 valence electrons. The van der Waals surface area contributed by atoms with E-state index < -0.39 is 4.92 Å². The van der Waals surface area contributed by atoms with E-state index in [0.29, 0.717) is 34.9 Å². The first kappa shape index (κ1) is 25.1. The van der Waals surface area contributed by atoms with Crippen LogP contribution in [0, 0.1) is 10.1 Å². The monoisotopic (exact) mass is 506 g/mol. The predicted molar refractivity (Wildman–Crippen MR) is 138 cm³/mol. The molecule has 4 aromatic rings. The van der Waals surface area contributed by atoms with E-state index in [1.54, 1.807) is 28.6 Å². The number of nitro groups is 1. The maximum absolute atomic E-state index is 12.9. The lowest BCUT2D eigenvalue weighted by atomic mass is 10.1. The number of nitrogens with one attached hydrogen (secondary N) is 1. The Hall–Kier alpha value is -3.99. The van der Waals surface area contributed by atoms with Crippen molar-refractivity contribution in [2.24, 2.45) is 0 Å². The van der Waals surface area contributed by atoms with Crippen LogP contribution in [0.15, 0.2) is 70.7 Å². The van der Waals surface area contributed by atoms with Crippen molar-refractivity contribution in [2.75, 3.05) is 6.54 Å². The van der Waals surface area contributed by atoms with E-state index in [1.807, 2.05) is 24.3 Å². The molecule has 0 aliphatic heterocycles. The van der Waals surface area contributed by atoms with Crippen LogP contribution in [0.1, 0.15) is 25.0 Å². The molecule has 0 fully saturated rings. The van der Waals surface area contributed by atoms with E-state index >= 15 is 0 Å². The Labute approximate surface area is 211 Å². The van der Waals surface area contributed by atoms with Gasteiger partial charge in [-0.1, -0.05) is 38.1 Å². The van der Waals surface area contributed by atoms with Crippen LogP contribution in [0.5, 0.6) is 0 Å². The molecule has 11 heteroatoms. The third-order valence-corrected chi connectivity index (χ3v) is 6.42. The standard InChI is InChI=1S/C25H26N6O4S/c1-17(2)36-21-8-6-18(7-9-21)13-23(32)26-10-11-30-24-22(14-28-30)25(33)29(16-27-24)15-19-4-3-5-20(12-19)31(34)35/h3-9,12,14,16-17H,10-11,13,15H2,1-2H3,(H,26,32). The first-order valence-electron chi connectivity index (χ1n) is 11.5. The summed E-state index contributed by atoms with van der Waals surface area (Å²) in [4.78, 5) is 41.3. The van der Waals surface area contributed by atoms with Crippen molar-refractivity contribution in [3.63, 3.8) is 0 Å². The summed E-state index contributed by atoms with van der Waals surface area (Å²) in [5, 5.41) is 19.0. The van der Waals surface area contributed by atoms with Crippen LogP contribution in [-0.4, -0.2) is 42.0 Å². The molecule has 2 aromatic carbocycles. The van der Waals surface area contributed by atoms with Crippen LogP contribution in [-0.2, 0) is 24.3 Å². The maximum atomic E-state index is 12.9. The van der Waals surface area contributed by atoms with Gasteiger partial charge in [-0.15, -0.1) is 11.8 Å². The number of aromatic nitrogens is 4. The van der Waals surface area contributed by atoms with Gasteiger partial charge in [-0.3, -0.25) is 24.3 Å². The van der Waals surface area contributed by atoms with Crippen molar-refractivity contribution in [1.82, 2.24) is 24.6 Å². The molecule has 0 radical (unpaired) electrons. The van der Waals surface area contributed by atoms with Crippen LogP contribution in [0.25, 0.3) is 11.0 Å². The smallest absolute Gasteiger partial charge is 0.269 e. The number of amides is 1. The number of hydrogen-bond acceptors (Lipinski definition) is 7. The van der Waals surface area contributed by atoms with E-state index in [1.165, 1.54) is 34.1 Å². The van der Waals surface area contributed by atoms with Crippen molar-refractivity contribution in [3.8, 4) is 0 Å². The zero-order valence-electron chi connectivity index (χ0n) is 20.0. The Kier molecular flexibility index (Phi) is 7.79. The number of carbonyl (C=O) groups excluding carboxylic acids is 1. The Morgan fingerprint density at radius 2 is 1.94 bits per heavy atom. The predicted octanol–water partition coefficient (Wildman–Crippen LogP) is 3.41. The molecule has 36 heavy (non-hydrogen) atoms. The average Bonchev–Trinajstić information content (AvgIpc) is 3.26. The lowest BCUT2D eigenvalue weighted by molar-refractivity contribution is -0.384. The van der Waals surface area contributed by atoms with E-state index in [-0.39, 0.29) is 30.1 Å². The molecule has 1 amide bonds. The number of nitro benzene ring substituents is 1. The van der Waals surface area contributed by atoms with Gasteiger partial charge in [0.15, 0.2) is 5.65 Å². The highest BCUT2D eigenvalue weighted by Gasteiger charge is 2.12. The van der Waals surface area contributed by atoms with Gasteiger partial charge in [-0.2, -0.15) is 5.10 Å². The number of benzene rings is 2. The summed E-state index contributed by atoms with van der Waals surface area (Å²) in [6.07, 6.45) is 3.14. The fraction of sp³-hybridized carbons (Fsp3) is 0.280. The molecule has 2 aromatic heterocycles. The maximum Gasteiger partial charge on any atom is 0.269 e. The quantitative estimate of drug-likeness (QED) is 0.198. The summed E-state index contributed by atoms with van der Waals surface area (Å²) in [7, 11) is 0. The second-order valence-electron chi connectivity index (χ2n) is 8.55. The highest BCUT2D eigenvalue weighted by atomic mass is 32.2. The third kappa shape index (κ3) is 6.16. The fourth-order valence-electron chi connectivity index (χ4n) is 3.75. The summed E-state index contributed by atoms with van der Waals surface area (Å²) < 4.78 is 2.97. The second kappa shape index (κ2) is 11.2. The fourth-order valence-corrected chi connectivity index (χ4v) is 4.58. The van der Waals surface area contributed by atoms with Crippen molar-refractivity contribution >= 4 is 34.4 Å². The number of carbonyl (C=O) groups is 1. The highest BCUT2D eigenvalue weighted by Crippen LogP contribution is 2.23. The van der Waals surface area contributed by atoms with Gasteiger partial charge < -0.3 is 5.32 Å². The normalized spacial score (nSPS) is 11.2. The topological polar surface area (TPSA) is 125 Å². The lowest BCUT2D eigenvalue weighted by Gasteiger charge is -2.08. The number of fused-ring (bicyclic) bond motifs is 1. The minimum absolute atomic E-state index is 0.0356. The van der Waals surface area contributed by atoms with Crippen molar-refractivity contribution < 1.29 is 9.72 Å². The molecule has 0 spiro atoms. The molecule has 0 bridgehead atoms. The first-order chi connectivity index (χ1) is 17.3. The largest absolute Gasteiger partial charge is 0.354 e. The van der Waals surface area contributed by atoms with Gasteiger partial charge in [0.25, 0.3) is 11.2 Å². The minimum atomic E-state index is -0.473. The second-order valence-corrected chi connectivity index (χ2v) is 10.2. The number of hydrogen-bond donors (Lipinski definition) is 1. The summed E-state index contributed by atoms with van der Waals surface area (Å²) in [6.45, 7) is 5.14. The number of rotatable bonds is 10. The Morgan fingerprint density at radius 1 is 1.17 bits per heavy atom. The zero-order valence-corrected chi connectivity index (χ0v) is 20.8. The highest BCUT2D eigenvalue weighted by molar-refractivity contribution is 7.99.